The van der Waals surface area contributed by atoms with Gasteiger partial charge in [0.2, 0.25) is 0 Å². The summed E-state index contributed by atoms with van der Waals surface area (Å²) in [6.07, 6.45) is 3.96. The van der Waals surface area contributed by atoms with E-state index in [1.807, 2.05) is 23.1 Å². The standard InChI is InChI=1S/C17H22N2O2.ClH/c20-16(15-11-13-3-1-2-4-14(13)21-15)19-10-7-17(12-19)5-8-18-9-6-17;/h1-4,15,18H,5-12H2;1H. The summed E-state index contributed by atoms with van der Waals surface area (Å²) in [5.41, 5.74) is 1.53. The molecule has 0 bridgehead atoms. The molecule has 1 N–H and O–H groups in total. The molecule has 0 aromatic heterocycles. The van der Waals surface area contributed by atoms with Crippen molar-refractivity contribution in [3.8, 4) is 5.75 Å². The minimum absolute atomic E-state index is 0. The number of benzene rings is 1. The van der Waals surface area contributed by atoms with Gasteiger partial charge in [0.1, 0.15) is 5.75 Å². The topological polar surface area (TPSA) is 41.6 Å². The van der Waals surface area contributed by atoms with Crippen molar-refractivity contribution in [2.75, 3.05) is 26.2 Å². The fourth-order valence-electron chi connectivity index (χ4n) is 4.01. The molecule has 3 aliphatic heterocycles. The van der Waals surface area contributed by atoms with Crippen molar-refractivity contribution in [3.05, 3.63) is 29.8 Å². The Bertz CT molecular complexity index is 532. The van der Waals surface area contributed by atoms with Crippen molar-refractivity contribution < 1.29 is 9.53 Å². The second-order valence-corrected chi connectivity index (χ2v) is 6.68. The zero-order valence-electron chi connectivity index (χ0n) is 12.7. The molecule has 4 rings (SSSR count). The molecule has 22 heavy (non-hydrogen) atoms. The number of rotatable bonds is 1. The van der Waals surface area contributed by atoms with E-state index < -0.39 is 0 Å². The summed E-state index contributed by atoms with van der Waals surface area (Å²) in [5, 5.41) is 3.42. The van der Waals surface area contributed by atoms with Crippen molar-refractivity contribution in [3.63, 3.8) is 0 Å². The van der Waals surface area contributed by atoms with Gasteiger partial charge in [-0.2, -0.15) is 0 Å². The minimum atomic E-state index is -0.306. The first kappa shape index (κ1) is 15.6. The molecule has 3 heterocycles. The van der Waals surface area contributed by atoms with E-state index in [0.717, 1.165) is 50.3 Å². The van der Waals surface area contributed by atoms with Gasteiger partial charge in [0, 0.05) is 19.5 Å². The van der Waals surface area contributed by atoms with Gasteiger partial charge < -0.3 is 15.0 Å². The summed E-state index contributed by atoms with van der Waals surface area (Å²) >= 11 is 0. The van der Waals surface area contributed by atoms with Crippen LogP contribution in [-0.2, 0) is 11.2 Å². The Morgan fingerprint density at radius 1 is 1.23 bits per heavy atom. The summed E-state index contributed by atoms with van der Waals surface area (Å²) < 4.78 is 5.85. The molecular weight excluding hydrogens is 300 g/mol. The van der Waals surface area contributed by atoms with Gasteiger partial charge >= 0.3 is 0 Å². The molecule has 2 fully saturated rings. The van der Waals surface area contributed by atoms with E-state index in [4.69, 9.17) is 4.74 Å². The van der Waals surface area contributed by atoms with E-state index in [-0.39, 0.29) is 24.4 Å². The predicted octanol–water partition coefficient (Wildman–Crippen LogP) is 2.01. The monoisotopic (exact) mass is 322 g/mol. The Kier molecular flexibility index (Phi) is 4.33. The second-order valence-electron chi connectivity index (χ2n) is 6.68. The molecule has 0 saturated carbocycles. The lowest BCUT2D eigenvalue weighted by atomic mass is 9.78. The Hall–Kier alpha value is -1.26. The number of nitrogens with zero attached hydrogens (tertiary/aromatic N) is 1. The molecule has 1 amide bonds. The van der Waals surface area contributed by atoms with E-state index in [0.29, 0.717) is 5.41 Å². The first-order valence-corrected chi connectivity index (χ1v) is 8.00. The number of hydrogen-bond donors (Lipinski definition) is 1. The van der Waals surface area contributed by atoms with Crippen molar-refractivity contribution >= 4 is 18.3 Å². The van der Waals surface area contributed by atoms with Gasteiger partial charge in [-0.25, -0.2) is 0 Å². The Morgan fingerprint density at radius 2 is 2.00 bits per heavy atom. The number of carbonyl (C=O) groups is 1. The Morgan fingerprint density at radius 3 is 2.77 bits per heavy atom. The second kappa shape index (κ2) is 6.09. The van der Waals surface area contributed by atoms with Crippen LogP contribution >= 0.6 is 12.4 Å². The molecule has 0 aliphatic carbocycles. The maximum absolute atomic E-state index is 12.7. The van der Waals surface area contributed by atoms with Gasteiger partial charge in [-0.05, 0) is 49.4 Å². The van der Waals surface area contributed by atoms with Crippen LogP contribution in [0.15, 0.2) is 24.3 Å². The van der Waals surface area contributed by atoms with Crippen LogP contribution in [0, 0.1) is 5.41 Å². The molecule has 3 aliphatic rings. The molecule has 0 radical (unpaired) electrons. The number of amides is 1. The summed E-state index contributed by atoms with van der Waals surface area (Å²) in [4.78, 5) is 14.8. The average molecular weight is 323 g/mol. The van der Waals surface area contributed by atoms with Crippen molar-refractivity contribution in [2.24, 2.45) is 5.41 Å². The number of para-hydroxylation sites is 1. The number of carbonyl (C=O) groups excluding carboxylic acids is 1. The number of ether oxygens (including phenoxy) is 1. The summed E-state index contributed by atoms with van der Waals surface area (Å²) in [6.45, 7) is 4.00. The van der Waals surface area contributed by atoms with Crippen LogP contribution in [0.3, 0.4) is 0 Å². The highest BCUT2D eigenvalue weighted by Crippen LogP contribution is 2.39. The highest BCUT2D eigenvalue weighted by Gasteiger charge is 2.43. The van der Waals surface area contributed by atoms with Crippen LogP contribution in [0.5, 0.6) is 5.75 Å². The predicted molar refractivity (Wildman–Crippen MR) is 87.5 cm³/mol. The van der Waals surface area contributed by atoms with Gasteiger partial charge in [-0.3, -0.25) is 4.79 Å². The third kappa shape index (κ3) is 2.70. The molecule has 1 spiro atoms. The van der Waals surface area contributed by atoms with Gasteiger partial charge in [-0.1, -0.05) is 18.2 Å². The maximum atomic E-state index is 12.7. The van der Waals surface area contributed by atoms with Crippen LogP contribution in [-0.4, -0.2) is 43.1 Å². The molecular formula is C17H23ClN2O2. The van der Waals surface area contributed by atoms with E-state index in [9.17, 15) is 4.79 Å². The molecule has 1 atom stereocenters. The Balaban J connectivity index is 0.00000144. The summed E-state index contributed by atoms with van der Waals surface area (Å²) in [5.74, 6) is 1.06. The number of hydrogen-bond acceptors (Lipinski definition) is 3. The lowest BCUT2D eigenvalue weighted by Crippen LogP contribution is -2.43. The normalized spacial score (nSPS) is 25.5. The molecule has 120 valence electrons. The zero-order valence-corrected chi connectivity index (χ0v) is 13.5. The number of fused-ring (bicyclic) bond motifs is 1. The average Bonchev–Trinajstić information content (AvgIpc) is 3.12. The summed E-state index contributed by atoms with van der Waals surface area (Å²) in [6, 6.07) is 7.99. The first-order chi connectivity index (χ1) is 10.3. The maximum Gasteiger partial charge on any atom is 0.264 e. The highest BCUT2D eigenvalue weighted by molar-refractivity contribution is 5.85. The van der Waals surface area contributed by atoms with E-state index in [1.54, 1.807) is 0 Å². The minimum Gasteiger partial charge on any atom is -0.480 e. The fraction of sp³-hybridized carbons (Fsp3) is 0.588. The van der Waals surface area contributed by atoms with Crippen molar-refractivity contribution in [2.45, 2.75) is 31.8 Å². The Labute approximate surface area is 137 Å². The first-order valence-electron chi connectivity index (χ1n) is 8.00. The number of nitrogens with one attached hydrogen (secondary N) is 1. The van der Waals surface area contributed by atoms with E-state index >= 15 is 0 Å². The smallest absolute Gasteiger partial charge is 0.264 e. The molecule has 5 heteroatoms. The lowest BCUT2D eigenvalue weighted by Gasteiger charge is -2.33. The van der Waals surface area contributed by atoms with Crippen LogP contribution in [0.25, 0.3) is 0 Å². The van der Waals surface area contributed by atoms with Gasteiger partial charge in [0.25, 0.3) is 5.91 Å². The van der Waals surface area contributed by atoms with Gasteiger partial charge in [0.05, 0.1) is 0 Å². The lowest BCUT2D eigenvalue weighted by molar-refractivity contribution is -0.137. The van der Waals surface area contributed by atoms with E-state index in [2.05, 4.69) is 11.4 Å². The molecule has 1 unspecified atom stereocenters. The molecule has 1 aromatic carbocycles. The van der Waals surface area contributed by atoms with Gasteiger partial charge in [-0.15, -0.1) is 12.4 Å². The third-order valence-electron chi connectivity index (χ3n) is 5.34. The van der Waals surface area contributed by atoms with Crippen molar-refractivity contribution in [1.29, 1.82) is 0 Å². The van der Waals surface area contributed by atoms with Crippen LogP contribution < -0.4 is 10.1 Å². The van der Waals surface area contributed by atoms with Crippen molar-refractivity contribution in [1.82, 2.24) is 10.2 Å². The quantitative estimate of drug-likeness (QED) is 0.860. The molecule has 1 aromatic rings. The van der Waals surface area contributed by atoms with E-state index in [1.165, 1.54) is 12.8 Å². The third-order valence-corrected chi connectivity index (χ3v) is 5.34. The largest absolute Gasteiger partial charge is 0.480 e. The summed E-state index contributed by atoms with van der Waals surface area (Å²) in [7, 11) is 0. The zero-order chi connectivity index (χ0) is 14.3. The van der Waals surface area contributed by atoms with Crippen LogP contribution in [0.1, 0.15) is 24.8 Å². The molecule has 2 saturated heterocycles. The van der Waals surface area contributed by atoms with Crippen LogP contribution in [0.2, 0.25) is 0 Å². The molecule has 4 nitrogen and oxygen atoms in total. The highest BCUT2D eigenvalue weighted by atomic mass is 35.5. The number of halogens is 1. The fourth-order valence-corrected chi connectivity index (χ4v) is 4.01. The SMILES string of the molecule is Cl.O=C(C1Cc2ccccc2O1)N1CCC2(CCNCC2)C1. The van der Waals surface area contributed by atoms with Crippen LogP contribution in [0.4, 0.5) is 0 Å². The number of likely N-dealkylation sites (tertiary alicyclic amines) is 1. The number of piperidine rings is 1. The van der Waals surface area contributed by atoms with Gasteiger partial charge in [0.15, 0.2) is 6.10 Å².